The third kappa shape index (κ3) is 2.57. The van der Waals surface area contributed by atoms with E-state index in [1.165, 1.54) is 0 Å². The number of fused-ring (bicyclic) bond motifs is 1. The van der Waals surface area contributed by atoms with E-state index in [4.69, 9.17) is 4.74 Å². The quantitative estimate of drug-likeness (QED) is 0.855. The Kier molecular flexibility index (Phi) is 3.86. The van der Waals surface area contributed by atoms with Crippen LogP contribution in [0.25, 0.3) is 0 Å². The molecule has 0 bridgehead atoms. The maximum Gasteiger partial charge on any atom is 0.346 e. The van der Waals surface area contributed by atoms with Crippen molar-refractivity contribution in [1.82, 2.24) is 5.32 Å². The molecule has 0 fully saturated rings. The summed E-state index contributed by atoms with van der Waals surface area (Å²) in [6, 6.07) is 18.1. The van der Waals surface area contributed by atoms with Crippen LogP contribution in [-0.2, 0) is 9.53 Å². The van der Waals surface area contributed by atoms with Crippen LogP contribution in [0.15, 0.2) is 54.6 Å². The molecule has 4 heteroatoms. The molecule has 3 rings (SSSR count). The molecular formula is C18H20N2O2. The first-order chi connectivity index (χ1) is 10.6. The van der Waals surface area contributed by atoms with Gasteiger partial charge in [-0.15, -0.1) is 0 Å². The first-order valence-electron chi connectivity index (χ1n) is 7.51. The molecule has 2 aromatic rings. The van der Waals surface area contributed by atoms with Crippen molar-refractivity contribution < 1.29 is 9.53 Å². The summed E-state index contributed by atoms with van der Waals surface area (Å²) in [5, 5.41) is 6.67. The lowest BCUT2D eigenvalue weighted by Gasteiger charge is -2.40. The molecular weight excluding hydrogens is 276 g/mol. The SMILES string of the molecule is CCOC(=O)C1(C)Nc2ccccc2C(c2ccccc2)N1. The Morgan fingerprint density at radius 3 is 2.55 bits per heavy atom. The Bertz CT molecular complexity index is 672. The van der Waals surface area contributed by atoms with Crippen molar-refractivity contribution >= 4 is 11.7 Å². The van der Waals surface area contributed by atoms with Gasteiger partial charge in [-0.05, 0) is 31.0 Å². The molecule has 0 radical (unpaired) electrons. The Balaban J connectivity index is 2.04. The van der Waals surface area contributed by atoms with Gasteiger partial charge in [0, 0.05) is 5.69 Å². The molecule has 0 aromatic heterocycles. The van der Waals surface area contributed by atoms with Crippen LogP contribution in [0.4, 0.5) is 5.69 Å². The fraction of sp³-hybridized carbons (Fsp3) is 0.278. The number of carbonyl (C=O) groups is 1. The van der Waals surface area contributed by atoms with Crippen LogP contribution in [-0.4, -0.2) is 18.2 Å². The minimum Gasteiger partial charge on any atom is -0.463 e. The highest BCUT2D eigenvalue weighted by molar-refractivity contribution is 5.85. The number of nitrogens with one attached hydrogen (secondary N) is 2. The predicted octanol–water partition coefficient (Wildman–Crippen LogP) is 3.07. The van der Waals surface area contributed by atoms with Crippen molar-refractivity contribution in [3.63, 3.8) is 0 Å². The van der Waals surface area contributed by atoms with Crippen LogP contribution >= 0.6 is 0 Å². The van der Waals surface area contributed by atoms with Crippen LogP contribution in [0.2, 0.25) is 0 Å². The predicted molar refractivity (Wildman–Crippen MR) is 86.5 cm³/mol. The zero-order valence-corrected chi connectivity index (χ0v) is 12.8. The van der Waals surface area contributed by atoms with Gasteiger partial charge in [-0.25, -0.2) is 4.79 Å². The molecule has 0 saturated carbocycles. The maximum atomic E-state index is 12.4. The van der Waals surface area contributed by atoms with Gasteiger partial charge in [-0.3, -0.25) is 5.32 Å². The Hall–Kier alpha value is -2.33. The third-order valence-corrected chi connectivity index (χ3v) is 3.91. The number of hydrogen-bond acceptors (Lipinski definition) is 4. The summed E-state index contributed by atoms with van der Waals surface area (Å²) in [5.41, 5.74) is 2.23. The highest BCUT2D eigenvalue weighted by Gasteiger charge is 2.41. The molecule has 0 spiro atoms. The molecule has 4 nitrogen and oxygen atoms in total. The van der Waals surface area contributed by atoms with Gasteiger partial charge < -0.3 is 10.1 Å². The summed E-state index contributed by atoms with van der Waals surface area (Å²) < 4.78 is 5.22. The van der Waals surface area contributed by atoms with E-state index in [0.29, 0.717) is 6.61 Å². The Labute approximate surface area is 130 Å². The van der Waals surface area contributed by atoms with Crippen LogP contribution < -0.4 is 10.6 Å². The monoisotopic (exact) mass is 296 g/mol. The van der Waals surface area contributed by atoms with E-state index in [1.54, 1.807) is 0 Å². The second-order valence-electron chi connectivity index (χ2n) is 5.55. The van der Waals surface area contributed by atoms with Crippen molar-refractivity contribution in [2.45, 2.75) is 25.6 Å². The van der Waals surface area contributed by atoms with Crippen molar-refractivity contribution in [2.75, 3.05) is 11.9 Å². The lowest BCUT2D eigenvalue weighted by atomic mass is 9.92. The van der Waals surface area contributed by atoms with E-state index in [9.17, 15) is 4.79 Å². The lowest BCUT2D eigenvalue weighted by Crippen LogP contribution is -2.60. The Morgan fingerprint density at radius 2 is 1.82 bits per heavy atom. The fourth-order valence-electron chi connectivity index (χ4n) is 2.83. The van der Waals surface area contributed by atoms with Crippen LogP contribution in [0.3, 0.4) is 0 Å². The average Bonchev–Trinajstić information content (AvgIpc) is 2.55. The van der Waals surface area contributed by atoms with Crippen molar-refractivity contribution in [1.29, 1.82) is 0 Å². The van der Waals surface area contributed by atoms with E-state index in [-0.39, 0.29) is 12.0 Å². The van der Waals surface area contributed by atoms with Crippen molar-refractivity contribution in [3.05, 3.63) is 65.7 Å². The lowest BCUT2D eigenvalue weighted by molar-refractivity contribution is -0.149. The number of ether oxygens (including phenoxy) is 1. The first-order valence-corrected chi connectivity index (χ1v) is 7.51. The van der Waals surface area contributed by atoms with E-state index < -0.39 is 5.66 Å². The number of benzene rings is 2. The van der Waals surface area contributed by atoms with Crippen LogP contribution in [0.5, 0.6) is 0 Å². The van der Waals surface area contributed by atoms with Crippen LogP contribution in [0, 0.1) is 0 Å². The van der Waals surface area contributed by atoms with Crippen molar-refractivity contribution in [2.24, 2.45) is 0 Å². The summed E-state index contributed by atoms with van der Waals surface area (Å²) in [5.74, 6) is -0.301. The number of carbonyl (C=O) groups excluding carboxylic acids is 1. The molecule has 114 valence electrons. The largest absolute Gasteiger partial charge is 0.463 e. The summed E-state index contributed by atoms with van der Waals surface area (Å²) in [6.07, 6.45) is 0. The summed E-state index contributed by atoms with van der Waals surface area (Å²) >= 11 is 0. The molecule has 0 aliphatic carbocycles. The van der Waals surface area contributed by atoms with E-state index in [0.717, 1.165) is 16.8 Å². The molecule has 1 heterocycles. The molecule has 1 aliphatic rings. The maximum absolute atomic E-state index is 12.4. The first kappa shape index (κ1) is 14.6. The van der Waals surface area contributed by atoms with Gasteiger partial charge in [-0.2, -0.15) is 0 Å². The summed E-state index contributed by atoms with van der Waals surface area (Å²) in [6.45, 7) is 3.99. The average molecular weight is 296 g/mol. The molecule has 22 heavy (non-hydrogen) atoms. The molecule has 1 aliphatic heterocycles. The van der Waals surface area contributed by atoms with Gasteiger partial charge in [0.15, 0.2) is 5.66 Å². The minimum atomic E-state index is -0.954. The highest BCUT2D eigenvalue weighted by Crippen LogP contribution is 2.35. The topological polar surface area (TPSA) is 50.4 Å². The summed E-state index contributed by atoms with van der Waals surface area (Å²) in [7, 11) is 0. The normalized spacial score (nSPS) is 23.3. The standard InChI is InChI=1S/C18H20N2O2/c1-3-22-17(21)18(2)19-15-12-8-7-11-14(15)16(20-18)13-9-5-4-6-10-13/h4-12,16,19-20H,3H2,1-2H3. The summed E-state index contributed by atoms with van der Waals surface area (Å²) in [4.78, 5) is 12.4. The van der Waals surface area contributed by atoms with Gasteiger partial charge >= 0.3 is 5.97 Å². The Morgan fingerprint density at radius 1 is 1.14 bits per heavy atom. The molecule has 2 aromatic carbocycles. The van der Waals surface area contributed by atoms with Gasteiger partial charge in [0.05, 0.1) is 12.6 Å². The van der Waals surface area contributed by atoms with E-state index in [2.05, 4.69) is 28.8 Å². The smallest absolute Gasteiger partial charge is 0.346 e. The number of hydrogen-bond donors (Lipinski definition) is 2. The third-order valence-electron chi connectivity index (χ3n) is 3.91. The van der Waals surface area contributed by atoms with Crippen LogP contribution in [0.1, 0.15) is 31.0 Å². The van der Waals surface area contributed by atoms with Gasteiger partial charge in [0.2, 0.25) is 0 Å². The van der Waals surface area contributed by atoms with Crippen molar-refractivity contribution in [3.8, 4) is 0 Å². The number of rotatable bonds is 3. The number of anilines is 1. The number of esters is 1. The highest BCUT2D eigenvalue weighted by atomic mass is 16.5. The molecule has 2 N–H and O–H groups in total. The molecule has 0 amide bonds. The fourth-order valence-corrected chi connectivity index (χ4v) is 2.83. The van der Waals surface area contributed by atoms with Gasteiger partial charge in [-0.1, -0.05) is 48.5 Å². The van der Waals surface area contributed by atoms with E-state index in [1.807, 2.05) is 50.2 Å². The minimum absolute atomic E-state index is 0.0620. The second kappa shape index (κ2) is 5.81. The molecule has 2 atom stereocenters. The van der Waals surface area contributed by atoms with E-state index >= 15 is 0 Å². The zero-order valence-electron chi connectivity index (χ0n) is 12.8. The van der Waals surface area contributed by atoms with Gasteiger partial charge in [0.25, 0.3) is 0 Å². The van der Waals surface area contributed by atoms with Gasteiger partial charge in [0.1, 0.15) is 0 Å². The zero-order chi connectivity index (χ0) is 15.6. The molecule has 0 saturated heterocycles. The number of para-hydroxylation sites is 1. The second-order valence-corrected chi connectivity index (χ2v) is 5.55. The molecule has 2 unspecified atom stereocenters.